The molecular weight excluding hydrogens is 448 g/mol. The first-order valence-electron chi connectivity index (χ1n) is 11.6. The third-order valence-electron chi connectivity index (χ3n) is 5.41. The number of nitrogens with one attached hydrogen (secondary N) is 4. The van der Waals surface area contributed by atoms with Gasteiger partial charge in [0.15, 0.2) is 0 Å². The molecule has 188 valence electrons. The van der Waals surface area contributed by atoms with Crippen LogP contribution >= 0.6 is 0 Å². The second kappa shape index (κ2) is 12.6. The number of hydrogen-bond acceptors (Lipinski definition) is 10. The lowest BCUT2D eigenvalue weighted by Crippen LogP contribution is -2.41. The zero-order chi connectivity index (χ0) is 25.2. The van der Waals surface area contributed by atoms with E-state index in [-0.39, 0.29) is 23.7 Å². The summed E-state index contributed by atoms with van der Waals surface area (Å²) in [6.07, 6.45) is 9.01. The van der Waals surface area contributed by atoms with Gasteiger partial charge in [0.1, 0.15) is 11.4 Å². The molecule has 35 heavy (non-hydrogen) atoms. The van der Waals surface area contributed by atoms with Crippen LogP contribution in [0.4, 0.5) is 0 Å². The fourth-order valence-corrected chi connectivity index (χ4v) is 3.38. The normalized spacial score (nSPS) is 18.9. The maximum atomic E-state index is 13.5. The van der Waals surface area contributed by atoms with Gasteiger partial charge in [0.25, 0.3) is 11.8 Å². The number of likely N-dealkylation sites (N-methyl/N-ethyl adjacent to an activating group) is 1. The average Bonchev–Trinajstić information content (AvgIpc) is 3.68. The van der Waals surface area contributed by atoms with Gasteiger partial charge in [-0.2, -0.15) is 0 Å². The van der Waals surface area contributed by atoms with E-state index in [2.05, 4.69) is 41.2 Å². The molecule has 1 aliphatic carbocycles. The van der Waals surface area contributed by atoms with E-state index < -0.39 is 11.8 Å². The summed E-state index contributed by atoms with van der Waals surface area (Å²) >= 11 is 0. The average molecular weight is 483 g/mol. The van der Waals surface area contributed by atoms with E-state index in [1.165, 1.54) is 7.05 Å². The van der Waals surface area contributed by atoms with Crippen LogP contribution in [0, 0.1) is 5.92 Å². The summed E-state index contributed by atoms with van der Waals surface area (Å²) in [4.78, 5) is 45.5. The molecule has 0 unspecified atom stereocenters. The highest BCUT2D eigenvalue weighted by atomic mass is 16.2. The highest BCUT2D eigenvalue weighted by Gasteiger charge is 2.30. The molecule has 1 fully saturated rings. The van der Waals surface area contributed by atoms with Crippen LogP contribution in [0.25, 0.3) is 0 Å². The highest BCUT2D eigenvalue weighted by Crippen LogP contribution is 2.31. The summed E-state index contributed by atoms with van der Waals surface area (Å²) in [6.45, 7) is 1.95. The number of rotatable bonds is 10. The maximum Gasteiger partial charge on any atom is 0.276 e. The number of amides is 2. The molecule has 2 heterocycles. The Labute approximate surface area is 205 Å². The molecule has 6 N–H and O–H groups in total. The second-order valence-electron chi connectivity index (χ2n) is 8.52. The predicted octanol–water partition coefficient (Wildman–Crippen LogP) is -0.749. The zero-order valence-electron chi connectivity index (χ0n) is 20.5. The Morgan fingerprint density at radius 1 is 1.31 bits per heavy atom. The summed E-state index contributed by atoms with van der Waals surface area (Å²) in [5.41, 5.74) is 8.28. The van der Waals surface area contributed by atoms with E-state index in [1.807, 2.05) is 19.0 Å². The van der Waals surface area contributed by atoms with Gasteiger partial charge < -0.3 is 31.9 Å². The molecule has 3 aliphatic rings. The van der Waals surface area contributed by atoms with E-state index in [1.54, 1.807) is 18.8 Å². The lowest BCUT2D eigenvalue weighted by atomic mass is 10.2. The largest absolute Gasteiger partial charge is 0.403 e. The first kappa shape index (κ1) is 25.8. The Morgan fingerprint density at radius 2 is 2.11 bits per heavy atom. The lowest BCUT2D eigenvalue weighted by molar-refractivity contribution is -0.116. The number of nitrogens with zero attached hydrogens (tertiary/aromatic N) is 5. The molecule has 0 aromatic heterocycles. The molecule has 0 spiro atoms. The van der Waals surface area contributed by atoms with E-state index in [9.17, 15) is 9.59 Å². The summed E-state index contributed by atoms with van der Waals surface area (Å²) in [5.74, 6) is -0.638. The molecule has 1 saturated carbocycles. The fraction of sp³-hybridized carbons (Fsp3) is 0.478. The van der Waals surface area contributed by atoms with Crippen LogP contribution in [0.5, 0.6) is 0 Å². The Hall–Kier alpha value is -3.80. The van der Waals surface area contributed by atoms with Crippen molar-refractivity contribution in [3.63, 3.8) is 0 Å². The van der Waals surface area contributed by atoms with E-state index in [0.717, 1.165) is 30.5 Å². The van der Waals surface area contributed by atoms with Crippen LogP contribution in [0.3, 0.4) is 0 Å². The smallest absolute Gasteiger partial charge is 0.276 e. The number of hydrogen-bond donors (Lipinski definition) is 5. The minimum Gasteiger partial charge on any atom is -0.403 e. The van der Waals surface area contributed by atoms with E-state index in [4.69, 9.17) is 5.73 Å². The molecule has 12 nitrogen and oxygen atoms in total. The minimum atomic E-state index is -0.506. The van der Waals surface area contributed by atoms with Gasteiger partial charge in [-0.05, 0) is 26.9 Å². The standard InChI is InChI=1S/C23H34N10O2/c1-25-20(22(34)29-8-9-33(2)3)17(10-24)32-23(35)21-19(30-16-6-7-26-14-28-11-16)13-27-12-18(31-21)15-4-5-15/h10-12,14-15,30H,4-9,13,24H2,1-3H3,(H,26,28)(H,29,34)(H,32,35). The van der Waals surface area contributed by atoms with Crippen LogP contribution in [0.2, 0.25) is 0 Å². The van der Waals surface area contributed by atoms with E-state index in [0.29, 0.717) is 37.7 Å². The zero-order valence-corrected chi connectivity index (χ0v) is 20.5. The van der Waals surface area contributed by atoms with Crippen molar-refractivity contribution in [2.75, 3.05) is 47.3 Å². The molecule has 0 aromatic carbocycles. The van der Waals surface area contributed by atoms with Gasteiger partial charge in [-0.25, -0.2) is 4.99 Å². The minimum absolute atomic E-state index is 0.0267. The molecular formula is C23H34N10O2. The fourth-order valence-electron chi connectivity index (χ4n) is 3.38. The molecule has 12 heteroatoms. The van der Waals surface area contributed by atoms with Crippen LogP contribution in [-0.4, -0.2) is 88.0 Å². The van der Waals surface area contributed by atoms with E-state index >= 15 is 0 Å². The van der Waals surface area contributed by atoms with Crippen molar-refractivity contribution in [3.05, 3.63) is 35.2 Å². The van der Waals surface area contributed by atoms with Gasteiger partial charge in [0.05, 0.1) is 30.0 Å². The first-order chi connectivity index (χ1) is 16.9. The summed E-state index contributed by atoms with van der Waals surface area (Å²) in [6, 6.07) is 0. The van der Waals surface area contributed by atoms with Crippen molar-refractivity contribution in [3.8, 4) is 0 Å². The lowest BCUT2D eigenvalue weighted by Gasteiger charge is -2.16. The first-order valence-corrected chi connectivity index (χ1v) is 11.6. The third-order valence-corrected chi connectivity index (χ3v) is 5.41. The quantitative estimate of drug-likeness (QED) is 0.258. The van der Waals surface area contributed by atoms with Gasteiger partial charge in [-0.3, -0.25) is 24.6 Å². The predicted molar refractivity (Wildman–Crippen MR) is 138 cm³/mol. The van der Waals surface area contributed by atoms with Crippen molar-refractivity contribution in [1.29, 1.82) is 0 Å². The Kier molecular flexibility index (Phi) is 9.30. The van der Waals surface area contributed by atoms with Crippen LogP contribution < -0.4 is 27.0 Å². The molecule has 0 saturated heterocycles. The number of nitrogens with two attached hydrogens (primary N) is 1. The van der Waals surface area contributed by atoms with Crippen LogP contribution in [0.1, 0.15) is 19.3 Å². The number of aliphatic imine (C=N–C) groups is 4. The van der Waals surface area contributed by atoms with Crippen molar-refractivity contribution < 1.29 is 9.59 Å². The van der Waals surface area contributed by atoms with Crippen LogP contribution in [-0.2, 0) is 9.59 Å². The van der Waals surface area contributed by atoms with Gasteiger partial charge in [-0.1, -0.05) is 0 Å². The van der Waals surface area contributed by atoms with Gasteiger partial charge >= 0.3 is 0 Å². The second-order valence-corrected chi connectivity index (χ2v) is 8.52. The summed E-state index contributed by atoms with van der Waals surface area (Å²) in [5, 5.41) is 11.8. The van der Waals surface area contributed by atoms with Crippen molar-refractivity contribution in [2.45, 2.75) is 19.3 Å². The third kappa shape index (κ3) is 7.60. The number of carbonyl (C=O) groups is 2. The molecule has 0 radical (unpaired) electrons. The monoisotopic (exact) mass is 482 g/mol. The SMILES string of the molecule is CN=C(C(=O)NCCN(C)C)C(=CN)NC(=O)C1=C(NC2=CNC=NCC2)CN=CC(C2CC2)=N1. The van der Waals surface area contributed by atoms with Crippen molar-refractivity contribution in [2.24, 2.45) is 31.6 Å². The summed E-state index contributed by atoms with van der Waals surface area (Å²) < 4.78 is 0. The molecule has 3 rings (SSSR count). The van der Waals surface area contributed by atoms with Crippen LogP contribution in [0.15, 0.2) is 55.2 Å². The highest BCUT2D eigenvalue weighted by molar-refractivity contribution is 6.45. The van der Waals surface area contributed by atoms with Gasteiger partial charge in [-0.15, -0.1) is 0 Å². The Bertz CT molecular complexity index is 1030. The summed E-state index contributed by atoms with van der Waals surface area (Å²) in [7, 11) is 5.29. The molecule has 0 atom stereocenters. The van der Waals surface area contributed by atoms with Crippen molar-refractivity contribution in [1.82, 2.24) is 26.2 Å². The molecule has 0 bridgehead atoms. The van der Waals surface area contributed by atoms with Gasteiger partial charge in [0.2, 0.25) is 0 Å². The maximum absolute atomic E-state index is 13.5. The topological polar surface area (TPSA) is 161 Å². The molecule has 0 aromatic rings. The van der Waals surface area contributed by atoms with Gasteiger partial charge in [0, 0.05) is 63.3 Å². The molecule has 2 amide bonds. The number of carbonyl (C=O) groups excluding carboxylic acids is 2. The molecule has 2 aliphatic heterocycles. The Balaban J connectivity index is 1.82. The van der Waals surface area contributed by atoms with Crippen molar-refractivity contribution >= 4 is 35.8 Å². The Morgan fingerprint density at radius 3 is 2.80 bits per heavy atom.